The van der Waals surface area contributed by atoms with Crippen LogP contribution in [0.4, 0.5) is 0 Å². The summed E-state index contributed by atoms with van der Waals surface area (Å²) in [5.74, 6) is -0.0964. The van der Waals surface area contributed by atoms with Crippen LogP contribution >= 0.6 is 0 Å². The van der Waals surface area contributed by atoms with Gasteiger partial charge in [-0.05, 0) is 25.7 Å². The van der Waals surface area contributed by atoms with E-state index in [4.69, 9.17) is 9.84 Å². The molecule has 0 heterocycles. The van der Waals surface area contributed by atoms with Crippen molar-refractivity contribution < 1.29 is 14.6 Å². The van der Waals surface area contributed by atoms with Gasteiger partial charge < -0.3 is 9.84 Å². The molecule has 0 spiro atoms. The monoisotopic (exact) mass is 227 g/mol. The van der Waals surface area contributed by atoms with E-state index >= 15 is 0 Å². The third-order valence-corrected chi connectivity index (χ3v) is 3.06. The van der Waals surface area contributed by atoms with Gasteiger partial charge in [0.1, 0.15) is 0 Å². The average molecular weight is 227 g/mol. The fourth-order valence-corrected chi connectivity index (χ4v) is 1.84. The number of nitrogens with zero attached hydrogens (tertiary/aromatic N) is 1. The first-order valence-electron chi connectivity index (χ1n) is 5.77. The summed E-state index contributed by atoms with van der Waals surface area (Å²) in [5, 5.41) is 8.53. The van der Waals surface area contributed by atoms with E-state index in [0.29, 0.717) is 19.2 Å². The quantitative estimate of drug-likeness (QED) is 0.636. The van der Waals surface area contributed by atoms with Gasteiger partial charge in [-0.2, -0.15) is 0 Å². The van der Waals surface area contributed by atoms with Gasteiger partial charge in [-0.3, -0.25) is 4.90 Å². The fraction of sp³-hybridized carbons (Fsp3) is 0.750. The van der Waals surface area contributed by atoms with E-state index in [1.54, 1.807) is 13.2 Å². The average Bonchev–Trinajstić information content (AvgIpc) is 3.05. The van der Waals surface area contributed by atoms with Crippen molar-refractivity contribution in [1.29, 1.82) is 0 Å². The zero-order valence-corrected chi connectivity index (χ0v) is 10.1. The van der Waals surface area contributed by atoms with Crippen molar-refractivity contribution in [2.45, 2.75) is 25.8 Å². The van der Waals surface area contributed by atoms with Crippen LogP contribution in [0.5, 0.6) is 0 Å². The van der Waals surface area contributed by atoms with Crippen LogP contribution in [-0.2, 0) is 9.53 Å². The number of aliphatic carboxylic acids is 1. The van der Waals surface area contributed by atoms with Gasteiger partial charge in [-0.15, -0.1) is 0 Å². The van der Waals surface area contributed by atoms with Gasteiger partial charge in [0.2, 0.25) is 0 Å². The number of rotatable bonds is 8. The van der Waals surface area contributed by atoms with Crippen molar-refractivity contribution in [2.24, 2.45) is 5.92 Å². The number of hydrogen-bond acceptors (Lipinski definition) is 3. The van der Waals surface area contributed by atoms with Crippen LogP contribution in [0, 0.1) is 5.92 Å². The molecule has 92 valence electrons. The molecule has 1 aliphatic carbocycles. The van der Waals surface area contributed by atoms with Crippen LogP contribution in [0.3, 0.4) is 0 Å². The molecular weight excluding hydrogens is 206 g/mol. The van der Waals surface area contributed by atoms with Crippen LogP contribution in [0.2, 0.25) is 0 Å². The van der Waals surface area contributed by atoms with E-state index in [-0.39, 0.29) is 0 Å². The molecule has 0 bridgehead atoms. The Hall–Kier alpha value is -0.870. The summed E-state index contributed by atoms with van der Waals surface area (Å²) in [6.45, 7) is 4.45. The molecule has 1 N–H and O–H groups in total. The lowest BCUT2D eigenvalue weighted by atomic mass is 10.2. The zero-order chi connectivity index (χ0) is 12.0. The van der Waals surface area contributed by atoms with Crippen LogP contribution in [0.15, 0.2) is 12.2 Å². The highest BCUT2D eigenvalue weighted by Gasteiger charge is 2.31. The first-order valence-corrected chi connectivity index (χ1v) is 5.77. The highest BCUT2D eigenvalue weighted by Crippen LogP contribution is 2.34. The van der Waals surface area contributed by atoms with Crippen molar-refractivity contribution in [3.63, 3.8) is 0 Å². The first kappa shape index (κ1) is 13.2. The minimum atomic E-state index is -0.884. The summed E-state index contributed by atoms with van der Waals surface area (Å²) in [4.78, 5) is 12.7. The van der Waals surface area contributed by atoms with Gasteiger partial charge in [0, 0.05) is 32.3 Å². The molecule has 0 aliphatic heterocycles. The predicted molar refractivity (Wildman–Crippen MR) is 62.4 cm³/mol. The lowest BCUT2D eigenvalue weighted by molar-refractivity contribution is -0.131. The Morgan fingerprint density at radius 1 is 1.62 bits per heavy atom. The molecule has 1 fully saturated rings. The summed E-state index contributed by atoms with van der Waals surface area (Å²) in [6.07, 6.45) is 5.51. The summed E-state index contributed by atoms with van der Waals surface area (Å²) in [5.41, 5.74) is 0. The maximum Gasteiger partial charge on any atom is 0.328 e. The number of methoxy groups -OCH3 is 1. The second-order valence-corrected chi connectivity index (χ2v) is 4.31. The first-order chi connectivity index (χ1) is 7.65. The van der Waals surface area contributed by atoms with Crippen molar-refractivity contribution in [1.82, 2.24) is 4.90 Å². The molecule has 0 aromatic carbocycles. The van der Waals surface area contributed by atoms with Crippen molar-refractivity contribution >= 4 is 5.97 Å². The smallest absolute Gasteiger partial charge is 0.328 e. The summed E-state index contributed by atoms with van der Waals surface area (Å²) in [7, 11) is 1.69. The third kappa shape index (κ3) is 4.77. The fourth-order valence-electron chi connectivity index (χ4n) is 1.84. The van der Waals surface area contributed by atoms with Gasteiger partial charge in [0.15, 0.2) is 0 Å². The third-order valence-electron chi connectivity index (χ3n) is 3.06. The number of carboxylic acids is 1. The minimum absolute atomic E-state index is 0.522. The number of hydrogen-bond donors (Lipinski definition) is 1. The van der Waals surface area contributed by atoms with Crippen LogP contribution in [-0.4, -0.2) is 48.8 Å². The van der Waals surface area contributed by atoms with Crippen LogP contribution < -0.4 is 0 Å². The van der Waals surface area contributed by atoms with Crippen molar-refractivity contribution in [2.75, 3.05) is 26.8 Å². The largest absolute Gasteiger partial charge is 0.478 e. The molecule has 0 radical (unpaired) electrons. The van der Waals surface area contributed by atoms with E-state index in [1.165, 1.54) is 18.9 Å². The van der Waals surface area contributed by atoms with E-state index < -0.39 is 5.97 Å². The maximum absolute atomic E-state index is 10.4. The number of carbonyl (C=O) groups is 1. The molecule has 0 amide bonds. The predicted octanol–water partition coefficient (Wildman–Crippen LogP) is 1.37. The Morgan fingerprint density at radius 3 is 2.81 bits per heavy atom. The Morgan fingerprint density at radius 2 is 2.31 bits per heavy atom. The molecule has 1 saturated carbocycles. The van der Waals surface area contributed by atoms with E-state index in [0.717, 1.165) is 12.5 Å². The Balaban J connectivity index is 2.38. The van der Waals surface area contributed by atoms with Gasteiger partial charge in [-0.25, -0.2) is 4.79 Å². The van der Waals surface area contributed by atoms with E-state index in [2.05, 4.69) is 11.8 Å². The van der Waals surface area contributed by atoms with Crippen molar-refractivity contribution in [3.8, 4) is 0 Å². The zero-order valence-electron chi connectivity index (χ0n) is 10.1. The molecule has 4 heteroatoms. The lowest BCUT2D eigenvalue weighted by Crippen LogP contribution is -2.37. The second kappa shape index (κ2) is 6.66. The number of ether oxygens (including phenoxy) is 1. The highest BCUT2D eigenvalue weighted by molar-refractivity contribution is 5.79. The molecular formula is C12H21NO3. The van der Waals surface area contributed by atoms with Gasteiger partial charge in [0.25, 0.3) is 0 Å². The Kier molecular flexibility index (Phi) is 5.49. The summed E-state index contributed by atoms with van der Waals surface area (Å²) < 4.78 is 5.07. The second-order valence-electron chi connectivity index (χ2n) is 4.31. The molecule has 0 aromatic rings. The van der Waals surface area contributed by atoms with Gasteiger partial charge >= 0.3 is 5.97 Å². The van der Waals surface area contributed by atoms with E-state index in [9.17, 15) is 4.79 Å². The van der Waals surface area contributed by atoms with Gasteiger partial charge in [0.05, 0.1) is 6.61 Å². The molecule has 0 saturated heterocycles. The van der Waals surface area contributed by atoms with E-state index in [1.807, 2.05) is 0 Å². The van der Waals surface area contributed by atoms with Gasteiger partial charge in [-0.1, -0.05) is 6.08 Å². The molecule has 0 aromatic heterocycles. The summed E-state index contributed by atoms with van der Waals surface area (Å²) in [6, 6.07) is 0.522. The van der Waals surface area contributed by atoms with Crippen LogP contribution in [0.25, 0.3) is 0 Å². The maximum atomic E-state index is 10.4. The number of carboxylic acid groups (broad SMARTS) is 1. The molecule has 1 atom stereocenters. The topological polar surface area (TPSA) is 49.8 Å². The SMILES string of the molecule is COCCN(CC=CC(=O)O)C(C)C1CC1. The van der Waals surface area contributed by atoms with Crippen LogP contribution in [0.1, 0.15) is 19.8 Å². The molecule has 4 nitrogen and oxygen atoms in total. The Labute approximate surface area is 96.9 Å². The summed E-state index contributed by atoms with van der Waals surface area (Å²) >= 11 is 0. The molecule has 1 rings (SSSR count). The molecule has 16 heavy (non-hydrogen) atoms. The Bertz CT molecular complexity index is 249. The molecule has 1 unspecified atom stereocenters. The normalized spacial score (nSPS) is 18.2. The molecule has 1 aliphatic rings. The van der Waals surface area contributed by atoms with Crippen molar-refractivity contribution in [3.05, 3.63) is 12.2 Å². The standard InChI is InChI=1S/C12H21NO3/c1-10(11-5-6-11)13(8-9-16-2)7-3-4-12(14)15/h3-4,10-11H,5-9H2,1-2H3,(H,14,15). The lowest BCUT2D eigenvalue weighted by Gasteiger charge is -2.27. The highest BCUT2D eigenvalue weighted by atomic mass is 16.5. The minimum Gasteiger partial charge on any atom is -0.478 e.